The number of hydrogen-bond donors (Lipinski definition) is 1. The number of nitrogens with one attached hydrogen (secondary N) is 1. The fourth-order valence-corrected chi connectivity index (χ4v) is 2.82. The van der Waals surface area contributed by atoms with Gasteiger partial charge < -0.3 is 10.2 Å². The average molecular weight is 274 g/mol. The summed E-state index contributed by atoms with van der Waals surface area (Å²) >= 11 is 1.76. The standard InChI is InChI=1S/C16H22N2S/c1-4-9-17-16(14-8-10-19-12-14)13-6-5-7-15(11-13)18(2)3/h5-8,10-12,16-17H,4,9H2,1-3H3. The van der Waals surface area contributed by atoms with Crippen LogP contribution in [0.15, 0.2) is 41.1 Å². The zero-order valence-corrected chi connectivity index (χ0v) is 12.7. The van der Waals surface area contributed by atoms with E-state index in [-0.39, 0.29) is 0 Å². The lowest BCUT2D eigenvalue weighted by Crippen LogP contribution is -2.23. The van der Waals surface area contributed by atoms with Gasteiger partial charge in [-0.15, -0.1) is 0 Å². The van der Waals surface area contributed by atoms with Crippen LogP contribution < -0.4 is 10.2 Å². The van der Waals surface area contributed by atoms with Gasteiger partial charge in [0.05, 0.1) is 6.04 Å². The van der Waals surface area contributed by atoms with Crippen LogP contribution in [0.25, 0.3) is 0 Å². The van der Waals surface area contributed by atoms with E-state index in [1.807, 2.05) is 0 Å². The summed E-state index contributed by atoms with van der Waals surface area (Å²) in [4.78, 5) is 2.15. The molecule has 1 unspecified atom stereocenters. The number of anilines is 1. The molecule has 0 radical (unpaired) electrons. The van der Waals surface area contributed by atoms with Crippen LogP contribution in [-0.4, -0.2) is 20.6 Å². The molecule has 0 saturated heterocycles. The van der Waals surface area contributed by atoms with Gasteiger partial charge in [0.1, 0.15) is 0 Å². The van der Waals surface area contributed by atoms with Crippen LogP contribution in [0.2, 0.25) is 0 Å². The number of nitrogens with zero attached hydrogens (tertiary/aromatic N) is 1. The van der Waals surface area contributed by atoms with Crippen LogP contribution in [0, 0.1) is 0 Å². The molecule has 0 aliphatic heterocycles. The predicted octanol–water partition coefficient (Wildman–Crippen LogP) is 3.90. The molecule has 1 aromatic carbocycles. The summed E-state index contributed by atoms with van der Waals surface area (Å²) in [6.07, 6.45) is 1.15. The number of rotatable bonds is 6. The summed E-state index contributed by atoms with van der Waals surface area (Å²) in [5, 5.41) is 8.02. The monoisotopic (exact) mass is 274 g/mol. The lowest BCUT2D eigenvalue weighted by Gasteiger charge is -2.20. The van der Waals surface area contributed by atoms with Crippen LogP contribution in [0.3, 0.4) is 0 Å². The highest BCUT2D eigenvalue weighted by atomic mass is 32.1. The zero-order chi connectivity index (χ0) is 13.7. The molecule has 19 heavy (non-hydrogen) atoms. The van der Waals surface area contributed by atoms with E-state index in [0.29, 0.717) is 6.04 Å². The Morgan fingerprint density at radius 1 is 1.21 bits per heavy atom. The van der Waals surface area contributed by atoms with E-state index in [4.69, 9.17) is 0 Å². The van der Waals surface area contributed by atoms with E-state index < -0.39 is 0 Å². The van der Waals surface area contributed by atoms with Crippen molar-refractivity contribution in [2.24, 2.45) is 0 Å². The summed E-state index contributed by atoms with van der Waals surface area (Å²) in [6.45, 7) is 3.24. The lowest BCUT2D eigenvalue weighted by molar-refractivity contribution is 0.600. The Morgan fingerprint density at radius 2 is 2.05 bits per heavy atom. The molecule has 1 heterocycles. The Labute approximate surface area is 120 Å². The van der Waals surface area contributed by atoms with Crippen molar-refractivity contribution < 1.29 is 0 Å². The van der Waals surface area contributed by atoms with Crippen molar-refractivity contribution in [2.75, 3.05) is 25.5 Å². The van der Waals surface area contributed by atoms with Crippen molar-refractivity contribution in [3.05, 3.63) is 52.2 Å². The maximum absolute atomic E-state index is 3.64. The molecule has 0 amide bonds. The fraction of sp³-hybridized carbons (Fsp3) is 0.375. The first kappa shape index (κ1) is 14.1. The summed E-state index contributed by atoms with van der Waals surface area (Å²) in [6, 6.07) is 11.3. The van der Waals surface area contributed by atoms with Crippen LogP contribution in [0.4, 0.5) is 5.69 Å². The highest BCUT2D eigenvalue weighted by molar-refractivity contribution is 7.08. The van der Waals surface area contributed by atoms with Crippen molar-refractivity contribution in [2.45, 2.75) is 19.4 Å². The molecule has 1 N–H and O–H groups in total. The molecule has 2 nitrogen and oxygen atoms in total. The molecule has 1 atom stereocenters. The molecule has 0 aliphatic rings. The molecular formula is C16H22N2S. The van der Waals surface area contributed by atoms with Crippen LogP contribution >= 0.6 is 11.3 Å². The molecule has 102 valence electrons. The topological polar surface area (TPSA) is 15.3 Å². The predicted molar refractivity (Wildman–Crippen MR) is 85.2 cm³/mol. The largest absolute Gasteiger partial charge is 0.378 e. The van der Waals surface area contributed by atoms with Crippen LogP contribution in [0.1, 0.15) is 30.5 Å². The van der Waals surface area contributed by atoms with Gasteiger partial charge in [-0.1, -0.05) is 19.1 Å². The highest BCUT2D eigenvalue weighted by Gasteiger charge is 2.14. The quantitative estimate of drug-likeness (QED) is 0.859. The minimum absolute atomic E-state index is 0.297. The summed E-state index contributed by atoms with van der Waals surface area (Å²) in [5.41, 5.74) is 3.93. The molecule has 0 saturated carbocycles. The first-order valence-electron chi connectivity index (χ1n) is 6.75. The van der Waals surface area contributed by atoms with Gasteiger partial charge in [0.25, 0.3) is 0 Å². The van der Waals surface area contributed by atoms with Gasteiger partial charge in [-0.3, -0.25) is 0 Å². The molecule has 1 aromatic heterocycles. The van der Waals surface area contributed by atoms with Gasteiger partial charge in [0.15, 0.2) is 0 Å². The Bertz CT molecular complexity index is 491. The SMILES string of the molecule is CCCNC(c1ccsc1)c1cccc(N(C)C)c1. The van der Waals surface area contributed by atoms with Crippen molar-refractivity contribution in [3.8, 4) is 0 Å². The number of thiophene rings is 1. The second-order valence-electron chi connectivity index (χ2n) is 4.93. The normalized spacial score (nSPS) is 12.4. The van der Waals surface area contributed by atoms with Crippen molar-refractivity contribution in [1.29, 1.82) is 0 Å². The van der Waals surface area contributed by atoms with Crippen molar-refractivity contribution in [1.82, 2.24) is 5.32 Å². The summed E-state index contributed by atoms with van der Waals surface area (Å²) in [5.74, 6) is 0. The first-order chi connectivity index (χ1) is 9.22. The van der Waals surface area contributed by atoms with E-state index in [2.05, 4.69) is 72.3 Å². The van der Waals surface area contributed by atoms with Gasteiger partial charge in [0, 0.05) is 19.8 Å². The van der Waals surface area contributed by atoms with E-state index >= 15 is 0 Å². The van der Waals surface area contributed by atoms with Gasteiger partial charge in [-0.25, -0.2) is 0 Å². The van der Waals surface area contributed by atoms with Gasteiger partial charge in [-0.05, 0) is 53.1 Å². The van der Waals surface area contributed by atoms with Gasteiger partial charge >= 0.3 is 0 Å². The zero-order valence-electron chi connectivity index (χ0n) is 11.9. The molecule has 2 aromatic rings. The third-order valence-electron chi connectivity index (χ3n) is 3.19. The smallest absolute Gasteiger partial charge is 0.0585 e. The maximum Gasteiger partial charge on any atom is 0.0585 e. The average Bonchev–Trinajstić information content (AvgIpc) is 2.93. The van der Waals surface area contributed by atoms with E-state index in [1.54, 1.807) is 11.3 Å². The molecule has 2 rings (SSSR count). The second-order valence-corrected chi connectivity index (χ2v) is 5.71. The Balaban J connectivity index is 2.29. The summed E-state index contributed by atoms with van der Waals surface area (Å²) < 4.78 is 0. The number of benzene rings is 1. The molecule has 3 heteroatoms. The molecule has 0 spiro atoms. The van der Waals surface area contributed by atoms with Crippen LogP contribution in [-0.2, 0) is 0 Å². The Morgan fingerprint density at radius 3 is 2.68 bits per heavy atom. The summed E-state index contributed by atoms with van der Waals surface area (Å²) in [7, 11) is 4.16. The van der Waals surface area contributed by atoms with Crippen molar-refractivity contribution >= 4 is 17.0 Å². The highest BCUT2D eigenvalue weighted by Crippen LogP contribution is 2.26. The fourth-order valence-electron chi connectivity index (χ4n) is 2.14. The van der Waals surface area contributed by atoms with Crippen molar-refractivity contribution in [3.63, 3.8) is 0 Å². The second kappa shape index (κ2) is 6.73. The third kappa shape index (κ3) is 3.58. The lowest BCUT2D eigenvalue weighted by atomic mass is 10.0. The van der Waals surface area contributed by atoms with E-state index in [0.717, 1.165) is 13.0 Å². The maximum atomic E-state index is 3.64. The van der Waals surface area contributed by atoms with Gasteiger partial charge in [0.2, 0.25) is 0 Å². The minimum Gasteiger partial charge on any atom is -0.378 e. The van der Waals surface area contributed by atoms with Gasteiger partial charge in [-0.2, -0.15) is 11.3 Å². The molecule has 0 fully saturated rings. The Kier molecular flexibility index (Phi) is 5.00. The molecule has 0 bridgehead atoms. The molecule has 0 aliphatic carbocycles. The Hall–Kier alpha value is -1.32. The third-order valence-corrected chi connectivity index (χ3v) is 3.90. The van der Waals surface area contributed by atoms with Crippen LogP contribution in [0.5, 0.6) is 0 Å². The molecular weight excluding hydrogens is 252 g/mol. The van der Waals surface area contributed by atoms with E-state index in [9.17, 15) is 0 Å². The minimum atomic E-state index is 0.297. The number of hydrogen-bond acceptors (Lipinski definition) is 3. The first-order valence-corrected chi connectivity index (χ1v) is 7.69. The van der Waals surface area contributed by atoms with E-state index in [1.165, 1.54) is 16.8 Å².